The Hall–Kier alpha value is 0.137. The molecule has 0 heterocycles. The molecule has 0 aromatic carbocycles. The average Bonchev–Trinajstić information content (AvgIpc) is 2.19. The standard InChI is InChI=1S/C11H26O2Si/c1-5-8-9-10-11(14-4,12-6-2)13-7-3/h5-10,14H2,1-4H3. The summed E-state index contributed by atoms with van der Waals surface area (Å²) < 4.78 is 11.6. The second-order valence-electron chi connectivity index (χ2n) is 3.59. The van der Waals surface area contributed by atoms with E-state index in [1.165, 1.54) is 19.3 Å². The Morgan fingerprint density at radius 2 is 1.57 bits per heavy atom. The van der Waals surface area contributed by atoms with Gasteiger partial charge in [0.25, 0.3) is 0 Å². The fourth-order valence-corrected chi connectivity index (χ4v) is 3.16. The molecule has 0 saturated carbocycles. The third kappa shape index (κ3) is 5.13. The van der Waals surface area contributed by atoms with Crippen molar-refractivity contribution < 1.29 is 9.47 Å². The molecule has 0 aliphatic heterocycles. The molecule has 0 fully saturated rings. The van der Waals surface area contributed by atoms with Crippen LogP contribution in [0.3, 0.4) is 0 Å². The maximum absolute atomic E-state index is 5.81. The summed E-state index contributed by atoms with van der Waals surface area (Å²) in [4.78, 5) is 0. The Balaban J connectivity index is 4.03. The maximum atomic E-state index is 5.81. The third-order valence-electron chi connectivity index (χ3n) is 2.51. The van der Waals surface area contributed by atoms with Crippen molar-refractivity contribution in [3.63, 3.8) is 0 Å². The van der Waals surface area contributed by atoms with E-state index in [1.807, 2.05) is 0 Å². The van der Waals surface area contributed by atoms with E-state index in [0.29, 0.717) is 0 Å². The molecule has 2 nitrogen and oxygen atoms in total. The Bertz CT molecular complexity index is 122. The van der Waals surface area contributed by atoms with Gasteiger partial charge in [-0.15, -0.1) is 0 Å². The largest absolute Gasteiger partial charge is 0.355 e. The summed E-state index contributed by atoms with van der Waals surface area (Å²) in [6.45, 7) is 10.2. The zero-order valence-corrected chi connectivity index (χ0v) is 11.7. The minimum atomic E-state index is -0.273. The Kier molecular flexibility index (Phi) is 8.53. The summed E-state index contributed by atoms with van der Waals surface area (Å²) in [6, 6.07) is 0. The van der Waals surface area contributed by atoms with Gasteiger partial charge < -0.3 is 9.47 Å². The molecule has 0 aliphatic rings. The molecule has 3 heteroatoms. The summed E-state index contributed by atoms with van der Waals surface area (Å²) in [7, 11) is -0.273. The maximum Gasteiger partial charge on any atom is 0.144 e. The monoisotopic (exact) mass is 218 g/mol. The van der Waals surface area contributed by atoms with Crippen LogP contribution in [0.1, 0.15) is 46.5 Å². The van der Waals surface area contributed by atoms with Crippen molar-refractivity contribution in [3.8, 4) is 0 Å². The topological polar surface area (TPSA) is 18.5 Å². The van der Waals surface area contributed by atoms with Crippen LogP contribution in [0.25, 0.3) is 0 Å². The van der Waals surface area contributed by atoms with E-state index in [4.69, 9.17) is 9.47 Å². The Labute approximate surface area is 91.2 Å². The van der Waals surface area contributed by atoms with Crippen LogP contribution >= 0.6 is 0 Å². The van der Waals surface area contributed by atoms with Crippen LogP contribution in [0, 0.1) is 0 Å². The van der Waals surface area contributed by atoms with Crippen molar-refractivity contribution in [1.29, 1.82) is 0 Å². The van der Waals surface area contributed by atoms with Gasteiger partial charge >= 0.3 is 0 Å². The van der Waals surface area contributed by atoms with Crippen molar-refractivity contribution in [2.75, 3.05) is 13.2 Å². The van der Waals surface area contributed by atoms with Gasteiger partial charge in [-0.2, -0.15) is 0 Å². The Morgan fingerprint density at radius 3 is 1.93 bits per heavy atom. The van der Waals surface area contributed by atoms with E-state index in [0.717, 1.165) is 19.6 Å². The molecular formula is C11H26O2Si. The molecule has 0 atom stereocenters. The highest BCUT2D eigenvalue weighted by Crippen LogP contribution is 2.20. The lowest BCUT2D eigenvalue weighted by Crippen LogP contribution is -2.41. The van der Waals surface area contributed by atoms with Crippen LogP contribution < -0.4 is 0 Å². The minimum absolute atomic E-state index is 0.168. The average molecular weight is 218 g/mol. The van der Waals surface area contributed by atoms with Gasteiger partial charge in [0, 0.05) is 13.2 Å². The highest BCUT2D eigenvalue weighted by atomic mass is 28.2. The van der Waals surface area contributed by atoms with Crippen molar-refractivity contribution >= 4 is 9.52 Å². The first-order chi connectivity index (χ1) is 6.74. The third-order valence-corrected chi connectivity index (χ3v) is 4.35. The van der Waals surface area contributed by atoms with Crippen LogP contribution in [0.5, 0.6) is 0 Å². The second-order valence-corrected chi connectivity index (χ2v) is 5.37. The zero-order chi connectivity index (χ0) is 10.9. The molecule has 0 aromatic heterocycles. The van der Waals surface area contributed by atoms with E-state index < -0.39 is 0 Å². The zero-order valence-electron chi connectivity index (χ0n) is 10.3. The van der Waals surface area contributed by atoms with Crippen molar-refractivity contribution in [2.45, 2.75) is 58.4 Å². The number of rotatable bonds is 9. The van der Waals surface area contributed by atoms with Crippen molar-refractivity contribution in [3.05, 3.63) is 0 Å². The van der Waals surface area contributed by atoms with Gasteiger partial charge in [-0.3, -0.25) is 0 Å². The van der Waals surface area contributed by atoms with Gasteiger partial charge in [-0.1, -0.05) is 26.3 Å². The first kappa shape index (κ1) is 14.1. The lowest BCUT2D eigenvalue weighted by molar-refractivity contribution is -0.179. The van der Waals surface area contributed by atoms with E-state index in [2.05, 4.69) is 27.3 Å². The quantitative estimate of drug-likeness (QED) is 0.336. The molecule has 14 heavy (non-hydrogen) atoms. The fraction of sp³-hybridized carbons (Fsp3) is 1.00. The van der Waals surface area contributed by atoms with E-state index in [1.54, 1.807) is 0 Å². The summed E-state index contributed by atoms with van der Waals surface area (Å²) in [5.41, 5.74) is -0.168. The Morgan fingerprint density at radius 1 is 1.00 bits per heavy atom. The summed E-state index contributed by atoms with van der Waals surface area (Å²) in [6.07, 6.45) is 4.87. The van der Waals surface area contributed by atoms with Crippen LogP contribution in [0.15, 0.2) is 0 Å². The number of hydrogen-bond donors (Lipinski definition) is 0. The molecule has 0 bridgehead atoms. The number of hydrogen-bond acceptors (Lipinski definition) is 2. The summed E-state index contributed by atoms with van der Waals surface area (Å²) in [5.74, 6) is 0. The van der Waals surface area contributed by atoms with E-state index >= 15 is 0 Å². The van der Waals surface area contributed by atoms with Gasteiger partial charge in [-0.05, 0) is 26.7 Å². The normalized spacial score (nSPS) is 12.9. The summed E-state index contributed by atoms with van der Waals surface area (Å²) in [5, 5.41) is 0. The number of ether oxygens (including phenoxy) is 2. The first-order valence-electron chi connectivity index (χ1n) is 6.02. The van der Waals surface area contributed by atoms with Gasteiger partial charge in [-0.25, -0.2) is 0 Å². The highest BCUT2D eigenvalue weighted by molar-refractivity contribution is 6.37. The molecule has 0 amide bonds. The molecular weight excluding hydrogens is 192 g/mol. The van der Waals surface area contributed by atoms with Crippen LogP contribution in [0.4, 0.5) is 0 Å². The molecule has 0 N–H and O–H groups in total. The molecule has 0 rings (SSSR count). The minimum Gasteiger partial charge on any atom is -0.355 e. The molecule has 0 spiro atoms. The predicted molar refractivity (Wildman–Crippen MR) is 64.5 cm³/mol. The lowest BCUT2D eigenvalue weighted by Gasteiger charge is -2.32. The summed E-state index contributed by atoms with van der Waals surface area (Å²) >= 11 is 0. The molecule has 86 valence electrons. The van der Waals surface area contributed by atoms with Crippen molar-refractivity contribution in [1.82, 2.24) is 0 Å². The predicted octanol–water partition coefficient (Wildman–Crippen LogP) is 2.51. The lowest BCUT2D eigenvalue weighted by atomic mass is 10.2. The molecule has 0 aromatic rings. The molecule has 0 saturated heterocycles. The second kappa shape index (κ2) is 8.45. The smallest absolute Gasteiger partial charge is 0.144 e. The molecule has 0 radical (unpaired) electrons. The molecule has 0 aliphatic carbocycles. The van der Waals surface area contributed by atoms with Crippen LogP contribution in [-0.2, 0) is 9.47 Å². The first-order valence-corrected chi connectivity index (χ1v) is 8.14. The van der Waals surface area contributed by atoms with Crippen molar-refractivity contribution in [2.24, 2.45) is 0 Å². The van der Waals surface area contributed by atoms with Gasteiger partial charge in [0.15, 0.2) is 0 Å². The number of unbranched alkanes of at least 4 members (excludes halogenated alkanes) is 2. The van der Waals surface area contributed by atoms with E-state index in [9.17, 15) is 0 Å². The van der Waals surface area contributed by atoms with Crippen LogP contribution in [0.2, 0.25) is 6.55 Å². The van der Waals surface area contributed by atoms with Gasteiger partial charge in [0.2, 0.25) is 0 Å². The van der Waals surface area contributed by atoms with Gasteiger partial charge in [0.1, 0.15) is 5.41 Å². The molecule has 0 unspecified atom stereocenters. The van der Waals surface area contributed by atoms with Crippen LogP contribution in [-0.4, -0.2) is 28.1 Å². The van der Waals surface area contributed by atoms with Gasteiger partial charge in [0.05, 0.1) is 9.52 Å². The highest BCUT2D eigenvalue weighted by Gasteiger charge is 2.28. The SMILES string of the molecule is CCCCCC(OCC)(OCC)[SiH2]C. The van der Waals surface area contributed by atoms with E-state index in [-0.39, 0.29) is 14.9 Å². The fourth-order valence-electron chi connectivity index (χ4n) is 1.74.